The monoisotopic (exact) mass is 371 g/mol. The Morgan fingerprint density at radius 2 is 1.70 bits per heavy atom. The van der Waals surface area contributed by atoms with Crippen LogP contribution in [0, 0.1) is 0 Å². The van der Waals surface area contributed by atoms with Crippen molar-refractivity contribution in [2.75, 3.05) is 0 Å². The lowest BCUT2D eigenvalue weighted by molar-refractivity contribution is -0.155. The molecular formula is C21H25NO5. The molecule has 0 saturated carbocycles. The summed E-state index contributed by atoms with van der Waals surface area (Å²) in [5.74, 6) is -1.57. The number of carbonyl (C=O) groups excluding carboxylic acids is 1. The van der Waals surface area contributed by atoms with Crippen LogP contribution in [-0.4, -0.2) is 27.2 Å². The van der Waals surface area contributed by atoms with Gasteiger partial charge in [0.15, 0.2) is 0 Å². The number of aromatic carboxylic acids is 1. The van der Waals surface area contributed by atoms with E-state index in [0.29, 0.717) is 11.5 Å². The molecule has 1 heterocycles. The number of carbonyl (C=O) groups is 2. The van der Waals surface area contributed by atoms with Crippen LogP contribution in [0.25, 0.3) is 11.1 Å². The lowest BCUT2D eigenvalue weighted by atomic mass is 9.99. The van der Waals surface area contributed by atoms with Crippen molar-refractivity contribution in [2.45, 2.75) is 52.7 Å². The number of carboxylic acid groups (broad SMARTS) is 1. The quantitative estimate of drug-likeness (QED) is 0.811. The van der Waals surface area contributed by atoms with Gasteiger partial charge in [0.25, 0.3) is 5.56 Å². The van der Waals surface area contributed by atoms with Crippen molar-refractivity contribution >= 4 is 11.9 Å². The zero-order chi connectivity index (χ0) is 20.4. The van der Waals surface area contributed by atoms with Crippen LogP contribution < -0.4 is 5.56 Å². The van der Waals surface area contributed by atoms with E-state index in [1.165, 1.54) is 12.3 Å². The molecule has 0 unspecified atom stereocenters. The van der Waals surface area contributed by atoms with Gasteiger partial charge in [-0.25, -0.2) is 4.79 Å². The molecule has 6 heteroatoms. The first-order valence-electron chi connectivity index (χ1n) is 8.78. The largest absolute Gasteiger partial charge is 0.477 e. The van der Waals surface area contributed by atoms with E-state index in [-0.39, 0.29) is 12.1 Å². The van der Waals surface area contributed by atoms with E-state index in [0.717, 1.165) is 15.7 Å². The van der Waals surface area contributed by atoms with E-state index in [2.05, 4.69) is 13.8 Å². The molecule has 0 radical (unpaired) electrons. The Balaban J connectivity index is 2.47. The maximum Gasteiger partial charge on any atom is 0.341 e. The molecule has 0 amide bonds. The lowest BCUT2D eigenvalue weighted by Gasteiger charge is -2.20. The van der Waals surface area contributed by atoms with Gasteiger partial charge in [0.05, 0.1) is 0 Å². The predicted octanol–water partition coefficient (Wildman–Crippen LogP) is 3.68. The average Bonchev–Trinajstić information content (AvgIpc) is 2.54. The zero-order valence-corrected chi connectivity index (χ0v) is 16.3. The minimum atomic E-state index is -1.33. The maximum atomic E-state index is 12.4. The van der Waals surface area contributed by atoms with Gasteiger partial charge in [-0.2, -0.15) is 0 Å². The molecular weight excluding hydrogens is 346 g/mol. The van der Waals surface area contributed by atoms with Crippen molar-refractivity contribution in [3.63, 3.8) is 0 Å². The lowest BCUT2D eigenvalue weighted by Crippen LogP contribution is -2.32. The zero-order valence-electron chi connectivity index (χ0n) is 16.3. The third-order valence-electron chi connectivity index (χ3n) is 3.95. The van der Waals surface area contributed by atoms with Crippen LogP contribution in [0.4, 0.5) is 0 Å². The molecule has 2 aromatic rings. The summed E-state index contributed by atoms with van der Waals surface area (Å²) in [7, 11) is 0. The maximum absolute atomic E-state index is 12.4. The third kappa shape index (κ3) is 5.29. The number of esters is 1. The van der Waals surface area contributed by atoms with Crippen LogP contribution >= 0.6 is 0 Å². The number of rotatable bonds is 5. The van der Waals surface area contributed by atoms with Gasteiger partial charge in [-0.15, -0.1) is 0 Å². The van der Waals surface area contributed by atoms with Gasteiger partial charge >= 0.3 is 11.9 Å². The smallest absolute Gasteiger partial charge is 0.341 e. The molecule has 2 rings (SSSR count). The van der Waals surface area contributed by atoms with Gasteiger partial charge < -0.3 is 14.4 Å². The van der Waals surface area contributed by atoms with Crippen molar-refractivity contribution in [1.29, 1.82) is 0 Å². The minimum Gasteiger partial charge on any atom is -0.477 e. The number of ether oxygens (including phenoxy) is 1. The fraction of sp³-hybridized carbons (Fsp3) is 0.381. The van der Waals surface area contributed by atoms with Crippen LogP contribution in [0.2, 0.25) is 0 Å². The summed E-state index contributed by atoms with van der Waals surface area (Å²) in [6, 6.07) is 9.01. The number of nitrogens with zero attached hydrogens (tertiary/aromatic N) is 1. The number of benzene rings is 1. The summed E-state index contributed by atoms with van der Waals surface area (Å²) in [6.45, 7) is 8.99. The molecule has 1 N–H and O–H groups in total. The summed E-state index contributed by atoms with van der Waals surface area (Å²) < 4.78 is 6.33. The average molecular weight is 371 g/mol. The molecule has 0 saturated heterocycles. The molecule has 1 aromatic carbocycles. The standard InChI is InChI=1S/C21H25NO5/c1-13(2)14-6-8-15(9-7-14)16-10-17(20(25)26)19(24)22(11-16)12-18(23)27-21(3,4)5/h6-11,13H,12H2,1-5H3,(H,25,26). The number of pyridine rings is 1. The first-order chi connectivity index (χ1) is 12.5. The van der Waals surface area contributed by atoms with Crippen LogP contribution in [-0.2, 0) is 16.1 Å². The summed E-state index contributed by atoms with van der Waals surface area (Å²) in [4.78, 5) is 36.0. The summed E-state index contributed by atoms with van der Waals surface area (Å²) in [5.41, 5.74) is 0.644. The molecule has 27 heavy (non-hydrogen) atoms. The second kappa shape index (κ2) is 7.78. The number of carboxylic acids is 1. The van der Waals surface area contributed by atoms with Gasteiger partial charge in [-0.1, -0.05) is 38.1 Å². The van der Waals surface area contributed by atoms with E-state index in [1.54, 1.807) is 20.8 Å². The highest BCUT2D eigenvalue weighted by Crippen LogP contribution is 2.23. The summed E-state index contributed by atoms with van der Waals surface area (Å²) in [6.07, 6.45) is 1.49. The first kappa shape index (κ1) is 20.4. The van der Waals surface area contributed by atoms with Gasteiger partial charge in [0, 0.05) is 6.20 Å². The first-order valence-corrected chi connectivity index (χ1v) is 8.78. The summed E-state index contributed by atoms with van der Waals surface area (Å²) >= 11 is 0. The highest BCUT2D eigenvalue weighted by molar-refractivity contribution is 5.89. The molecule has 1 aromatic heterocycles. The Labute approximate surface area is 158 Å². The fourth-order valence-electron chi connectivity index (χ4n) is 2.64. The van der Waals surface area contributed by atoms with Crippen molar-refractivity contribution in [2.24, 2.45) is 0 Å². The van der Waals surface area contributed by atoms with Crippen LogP contribution in [0.15, 0.2) is 41.3 Å². The number of aromatic nitrogens is 1. The number of hydrogen-bond donors (Lipinski definition) is 1. The Morgan fingerprint density at radius 3 is 2.19 bits per heavy atom. The molecule has 0 atom stereocenters. The summed E-state index contributed by atoms with van der Waals surface area (Å²) in [5, 5.41) is 9.37. The van der Waals surface area contributed by atoms with Crippen molar-refractivity contribution < 1.29 is 19.4 Å². The van der Waals surface area contributed by atoms with E-state index >= 15 is 0 Å². The van der Waals surface area contributed by atoms with Gasteiger partial charge in [0.1, 0.15) is 17.7 Å². The van der Waals surface area contributed by atoms with Gasteiger partial charge in [-0.05, 0) is 49.4 Å². The van der Waals surface area contributed by atoms with E-state index < -0.39 is 23.1 Å². The predicted molar refractivity (Wildman–Crippen MR) is 103 cm³/mol. The van der Waals surface area contributed by atoms with Gasteiger partial charge in [0.2, 0.25) is 0 Å². The highest BCUT2D eigenvalue weighted by Gasteiger charge is 2.20. The second-order valence-electron chi connectivity index (χ2n) is 7.74. The molecule has 0 spiro atoms. The van der Waals surface area contributed by atoms with Crippen molar-refractivity contribution in [3.8, 4) is 11.1 Å². The van der Waals surface area contributed by atoms with E-state index in [9.17, 15) is 19.5 Å². The van der Waals surface area contributed by atoms with Gasteiger partial charge in [-0.3, -0.25) is 9.59 Å². The molecule has 0 fully saturated rings. The Hall–Kier alpha value is -2.89. The van der Waals surface area contributed by atoms with E-state index in [1.807, 2.05) is 24.3 Å². The van der Waals surface area contributed by atoms with Crippen LogP contribution in [0.5, 0.6) is 0 Å². The van der Waals surface area contributed by atoms with Crippen LogP contribution in [0.3, 0.4) is 0 Å². The van der Waals surface area contributed by atoms with Crippen molar-refractivity contribution in [1.82, 2.24) is 4.57 Å². The molecule has 0 aliphatic rings. The van der Waals surface area contributed by atoms with E-state index in [4.69, 9.17) is 4.74 Å². The molecule has 144 valence electrons. The normalized spacial score (nSPS) is 11.5. The SMILES string of the molecule is CC(C)c1ccc(-c2cc(C(=O)O)c(=O)n(CC(=O)OC(C)(C)C)c2)cc1. The van der Waals surface area contributed by atoms with Crippen molar-refractivity contribution in [3.05, 3.63) is 58.0 Å². The Morgan fingerprint density at radius 1 is 1.11 bits per heavy atom. The molecule has 0 aliphatic heterocycles. The third-order valence-corrected chi connectivity index (χ3v) is 3.95. The molecule has 0 aliphatic carbocycles. The molecule has 0 bridgehead atoms. The highest BCUT2D eigenvalue weighted by atomic mass is 16.6. The Bertz CT molecular complexity index is 902. The topological polar surface area (TPSA) is 85.6 Å². The number of hydrogen-bond acceptors (Lipinski definition) is 4. The van der Waals surface area contributed by atoms with Crippen LogP contribution in [0.1, 0.15) is 56.5 Å². The second-order valence-corrected chi connectivity index (χ2v) is 7.74. The minimum absolute atomic E-state index is 0.353. The Kier molecular flexibility index (Phi) is 5.88. The fourth-order valence-corrected chi connectivity index (χ4v) is 2.64. The molecule has 6 nitrogen and oxygen atoms in total.